The van der Waals surface area contributed by atoms with E-state index in [-0.39, 0.29) is 12.3 Å². The van der Waals surface area contributed by atoms with Gasteiger partial charge in [-0.2, -0.15) is 0 Å². The van der Waals surface area contributed by atoms with Crippen LogP contribution in [0.25, 0.3) is 32.9 Å². The Kier molecular flexibility index (Phi) is 4.49. The summed E-state index contributed by atoms with van der Waals surface area (Å²) in [5, 5.41) is 8.46. The molecule has 8 heteroatoms. The molecule has 1 amide bonds. The van der Waals surface area contributed by atoms with Crippen LogP contribution < -0.4 is 5.32 Å². The van der Waals surface area contributed by atoms with E-state index in [1.165, 1.54) is 11.3 Å². The summed E-state index contributed by atoms with van der Waals surface area (Å²) >= 11 is 2.96. The fourth-order valence-corrected chi connectivity index (χ4v) is 4.53. The van der Waals surface area contributed by atoms with Crippen molar-refractivity contribution >= 4 is 44.6 Å². The number of nitrogens with one attached hydrogen (secondary N) is 2. The van der Waals surface area contributed by atoms with Crippen LogP contribution in [-0.4, -0.2) is 20.9 Å². The first-order valence-corrected chi connectivity index (χ1v) is 10.8. The van der Waals surface area contributed by atoms with Crippen molar-refractivity contribution in [3.05, 3.63) is 64.8 Å². The summed E-state index contributed by atoms with van der Waals surface area (Å²) in [7, 11) is 0. The molecule has 0 atom stereocenters. The minimum Gasteiger partial charge on any atom is -0.440 e. The normalized spacial score (nSPS) is 11.2. The maximum absolute atomic E-state index is 12.5. The van der Waals surface area contributed by atoms with Gasteiger partial charge >= 0.3 is 0 Å². The summed E-state index contributed by atoms with van der Waals surface area (Å²) in [5.41, 5.74) is 3.55. The number of para-hydroxylation sites is 1. The second-order valence-electron chi connectivity index (χ2n) is 6.51. The smallest absolute Gasteiger partial charge is 0.236 e. The number of H-pyrrole nitrogens is 1. The van der Waals surface area contributed by atoms with Crippen LogP contribution in [0.15, 0.2) is 57.8 Å². The van der Waals surface area contributed by atoms with Gasteiger partial charge in [0.05, 0.1) is 22.7 Å². The highest BCUT2D eigenvalue weighted by Crippen LogP contribution is 2.31. The van der Waals surface area contributed by atoms with E-state index in [9.17, 15) is 4.79 Å². The molecule has 29 heavy (non-hydrogen) atoms. The molecular weight excluding hydrogens is 404 g/mol. The Morgan fingerprint density at radius 3 is 2.93 bits per heavy atom. The van der Waals surface area contributed by atoms with Gasteiger partial charge < -0.3 is 14.7 Å². The fourth-order valence-electron chi connectivity index (χ4n) is 3.15. The van der Waals surface area contributed by atoms with E-state index in [0.29, 0.717) is 22.5 Å². The first-order valence-electron chi connectivity index (χ1n) is 8.99. The van der Waals surface area contributed by atoms with Crippen molar-refractivity contribution in [1.29, 1.82) is 0 Å². The maximum atomic E-state index is 12.5. The number of nitrogens with zero attached hydrogens (tertiary/aromatic N) is 2. The standard InChI is InChI=1S/C21H16N4O2S2/c1-12-16(23-20(27-12)18-7-4-8-28-18)9-19(26)25-21-24-17(11-29-21)14-10-22-15-6-3-2-5-13(14)15/h2-8,10-11,22H,9H2,1H3,(H,24,25,26). The number of carbonyl (C=O) groups is 1. The molecule has 144 valence electrons. The number of benzene rings is 1. The first kappa shape index (κ1) is 17.8. The number of amides is 1. The minimum absolute atomic E-state index is 0.142. The van der Waals surface area contributed by atoms with Gasteiger partial charge in [0, 0.05) is 28.0 Å². The van der Waals surface area contributed by atoms with Gasteiger partial charge in [-0.25, -0.2) is 9.97 Å². The van der Waals surface area contributed by atoms with Crippen LogP contribution in [0.2, 0.25) is 0 Å². The molecule has 2 N–H and O–H groups in total. The Morgan fingerprint density at radius 2 is 2.07 bits per heavy atom. The van der Waals surface area contributed by atoms with E-state index in [0.717, 1.165) is 27.0 Å². The van der Waals surface area contributed by atoms with Gasteiger partial charge in [-0.05, 0) is 24.4 Å². The van der Waals surface area contributed by atoms with E-state index in [2.05, 4.69) is 26.3 Å². The number of rotatable bonds is 5. The van der Waals surface area contributed by atoms with Crippen LogP contribution in [0.5, 0.6) is 0 Å². The average molecular weight is 421 g/mol. The first-order chi connectivity index (χ1) is 14.2. The highest BCUT2D eigenvalue weighted by molar-refractivity contribution is 7.14. The SMILES string of the molecule is Cc1oc(-c2cccs2)nc1CC(=O)Nc1nc(-c2c[nH]c3ccccc23)cs1. The predicted octanol–water partition coefficient (Wildman–Crippen LogP) is 5.50. The lowest BCUT2D eigenvalue weighted by atomic mass is 10.1. The van der Waals surface area contributed by atoms with Crippen molar-refractivity contribution in [1.82, 2.24) is 15.0 Å². The molecular formula is C21H16N4O2S2. The van der Waals surface area contributed by atoms with Crippen LogP contribution in [-0.2, 0) is 11.2 Å². The van der Waals surface area contributed by atoms with Gasteiger partial charge in [-0.3, -0.25) is 4.79 Å². The summed E-state index contributed by atoms with van der Waals surface area (Å²) in [4.78, 5) is 25.8. The lowest BCUT2D eigenvalue weighted by molar-refractivity contribution is -0.115. The Hall–Kier alpha value is -3.23. The molecule has 0 saturated heterocycles. The van der Waals surface area contributed by atoms with Gasteiger partial charge in [-0.1, -0.05) is 24.3 Å². The molecule has 0 fully saturated rings. The second-order valence-corrected chi connectivity index (χ2v) is 8.32. The number of hydrogen-bond donors (Lipinski definition) is 2. The largest absolute Gasteiger partial charge is 0.440 e. The van der Waals surface area contributed by atoms with Crippen LogP contribution >= 0.6 is 22.7 Å². The summed E-state index contributed by atoms with van der Waals surface area (Å²) in [6, 6.07) is 12.0. The van der Waals surface area contributed by atoms with E-state index in [4.69, 9.17) is 4.42 Å². The molecule has 5 rings (SSSR count). The fraction of sp³-hybridized carbons (Fsp3) is 0.0952. The quantitative estimate of drug-likeness (QED) is 0.393. The Morgan fingerprint density at radius 1 is 1.17 bits per heavy atom. The highest BCUT2D eigenvalue weighted by atomic mass is 32.1. The molecule has 4 heterocycles. The zero-order valence-electron chi connectivity index (χ0n) is 15.4. The van der Waals surface area contributed by atoms with Gasteiger partial charge in [0.1, 0.15) is 5.76 Å². The summed E-state index contributed by atoms with van der Waals surface area (Å²) in [6.07, 6.45) is 2.08. The van der Waals surface area contributed by atoms with Crippen LogP contribution in [0.1, 0.15) is 11.5 Å². The lowest BCUT2D eigenvalue weighted by Gasteiger charge is -1.99. The predicted molar refractivity (Wildman–Crippen MR) is 116 cm³/mol. The van der Waals surface area contributed by atoms with Crippen molar-refractivity contribution in [3.63, 3.8) is 0 Å². The summed E-state index contributed by atoms with van der Waals surface area (Å²) in [6.45, 7) is 1.82. The van der Waals surface area contributed by atoms with Crippen molar-refractivity contribution < 1.29 is 9.21 Å². The summed E-state index contributed by atoms with van der Waals surface area (Å²) in [5.74, 6) is 1.04. The molecule has 6 nitrogen and oxygen atoms in total. The number of hydrogen-bond acceptors (Lipinski definition) is 6. The molecule has 1 aromatic carbocycles. The molecule has 0 aliphatic rings. The third-order valence-electron chi connectivity index (χ3n) is 4.57. The van der Waals surface area contributed by atoms with E-state index < -0.39 is 0 Å². The van der Waals surface area contributed by atoms with Crippen LogP contribution in [0.4, 0.5) is 5.13 Å². The third-order valence-corrected chi connectivity index (χ3v) is 6.18. The number of thiazole rings is 1. The van der Waals surface area contributed by atoms with Crippen LogP contribution in [0.3, 0.4) is 0 Å². The van der Waals surface area contributed by atoms with Crippen molar-refractivity contribution in [2.24, 2.45) is 0 Å². The van der Waals surface area contributed by atoms with Gasteiger partial charge in [0.25, 0.3) is 0 Å². The Labute approximate surface area is 174 Å². The highest BCUT2D eigenvalue weighted by Gasteiger charge is 2.17. The Bertz CT molecular complexity index is 1300. The minimum atomic E-state index is -0.168. The number of thiophene rings is 1. The zero-order chi connectivity index (χ0) is 19.8. The number of aromatic nitrogens is 3. The number of oxazole rings is 1. The molecule has 0 saturated carbocycles. The number of anilines is 1. The Balaban J connectivity index is 1.31. The molecule has 0 unspecified atom stereocenters. The number of carbonyl (C=O) groups excluding carboxylic acids is 1. The van der Waals surface area contributed by atoms with Crippen molar-refractivity contribution in [3.8, 4) is 22.0 Å². The van der Waals surface area contributed by atoms with Crippen LogP contribution in [0, 0.1) is 6.92 Å². The second kappa shape index (κ2) is 7.31. The van der Waals surface area contributed by atoms with Gasteiger partial charge in [0.15, 0.2) is 5.13 Å². The lowest BCUT2D eigenvalue weighted by Crippen LogP contribution is -2.15. The number of aromatic amines is 1. The summed E-state index contributed by atoms with van der Waals surface area (Å²) < 4.78 is 5.71. The molecule has 0 spiro atoms. The number of fused-ring (bicyclic) bond motifs is 1. The van der Waals surface area contributed by atoms with Gasteiger partial charge in [-0.15, -0.1) is 22.7 Å². The van der Waals surface area contributed by atoms with E-state index in [1.807, 2.05) is 54.2 Å². The molecule has 5 aromatic rings. The molecule has 0 bridgehead atoms. The monoisotopic (exact) mass is 420 g/mol. The number of aryl methyl sites for hydroxylation is 1. The van der Waals surface area contributed by atoms with Crippen molar-refractivity contribution in [2.45, 2.75) is 13.3 Å². The molecule has 4 aromatic heterocycles. The van der Waals surface area contributed by atoms with E-state index >= 15 is 0 Å². The topological polar surface area (TPSA) is 83.8 Å². The van der Waals surface area contributed by atoms with Gasteiger partial charge in [0.2, 0.25) is 11.8 Å². The molecule has 0 radical (unpaired) electrons. The maximum Gasteiger partial charge on any atom is 0.236 e. The molecule has 0 aliphatic carbocycles. The molecule has 0 aliphatic heterocycles. The van der Waals surface area contributed by atoms with Crippen molar-refractivity contribution in [2.75, 3.05) is 5.32 Å². The van der Waals surface area contributed by atoms with E-state index in [1.54, 1.807) is 11.3 Å². The zero-order valence-corrected chi connectivity index (χ0v) is 17.1. The third kappa shape index (κ3) is 3.48. The average Bonchev–Trinajstić information content (AvgIpc) is 3.49.